The van der Waals surface area contributed by atoms with Gasteiger partial charge < -0.3 is 8.83 Å². The molecule has 168 valence electrons. The molecule has 4 heterocycles. The second kappa shape index (κ2) is 11.3. The molecule has 0 saturated heterocycles. The number of thiophene rings is 1. The fraction of sp³-hybridized carbons (Fsp3) is 0.0769. The van der Waals surface area contributed by atoms with Crippen LogP contribution in [0.1, 0.15) is 11.5 Å². The topological polar surface area (TPSA) is 121 Å². The summed E-state index contributed by atoms with van der Waals surface area (Å²) in [5.74, 6) is 4.74. The second-order valence-electron chi connectivity index (χ2n) is 6.85. The SMILES string of the molecule is N#CC(C#N)=C/C=C/c1ccc(-c2sc(-c3ccc(/C=C/C=C(C#N)C#N)o3)c3c2SCCS3)o1. The first-order valence-corrected chi connectivity index (χ1v) is 13.0. The van der Waals surface area contributed by atoms with Gasteiger partial charge in [-0.25, -0.2) is 0 Å². The number of fused-ring (bicyclic) bond motifs is 1. The fourth-order valence-corrected chi connectivity index (χ4v) is 7.19. The molecular weight excluding hydrogens is 497 g/mol. The number of rotatable bonds is 6. The van der Waals surface area contributed by atoms with Gasteiger partial charge >= 0.3 is 0 Å². The van der Waals surface area contributed by atoms with Crippen LogP contribution in [-0.2, 0) is 0 Å². The Morgan fingerprint density at radius 3 is 1.51 bits per heavy atom. The van der Waals surface area contributed by atoms with Gasteiger partial charge in [0, 0.05) is 21.3 Å². The molecule has 0 amide bonds. The largest absolute Gasteiger partial charge is 0.456 e. The third kappa shape index (κ3) is 5.52. The van der Waals surface area contributed by atoms with Gasteiger partial charge in [0.05, 0.1) is 9.75 Å². The molecule has 3 aromatic rings. The average molecular weight is 511 g/mol. The van der Waals surface area contributed by atoms with Crippen molar-refractivity contribution in [3.8, 4) is 45.6 Å². The molecule has 0 atom stereocenters. The van der Waals surface area contributed by atoms with Crippen LogP contribution in [0, 0.1) is 45.3 Å². The van der Waals surface area contributed by atoms with Gasteiger partial charge in [-0.1, -0.05) is 12.2 Å². The Hall–Kier alpha value is -4.12. The molecule has 0 N–H and O–H groups in total. The Balaban J connectivity index is 1.63. The summed E-state index contributed by atoms with van der Waals surface area (Å²) >= 11 is 5.20. The van der Waals surface area contributed by atoms with Crippen molar-refractivity contribution in [2.45, 2.75) is 9.79 Å². The summed E-state index contributed by atoms with van der Waals surface area (Å²) in [6, 6.07) is 14.8. The van der Waals surface area contributed by atoms with Gasteiger partial charge in [-0.15, -0.1) is 34.9 Å². The Morgan fingerprint density at radius 2 is 1.11 bits per heavy atom. The van der Waals surface area contributed by atoms with Crippen molar-refractivity contribution in [2.24, 2.45) is 0 Å². The van der Waals surface area contributed by atoms with Crippen LogP contribution in [0.25, 0.3) is 33.4 Å². The van der Waals surface area contributed by atoms with Crippen molar-refractivity contribution in [3.05, 3.63) is 71.2 Å². The molecule has 0 unspecified atom stereocenters. The fourth-order valence-electron chi connectivity index (χ4n) is 3.08. The third-order valence-corrected chi connectivity index (χ3v) is 8.70. The van der Waals surface area contributed by atoms with E-state index in [2.05, 4.69) is 0 Å². The number of furan rings is 2. The van der Waals surface area contributed by atoms with Crippen LogP contribution >= 0.6 is 34.9 Å². The van der Waals surface area contributed by atoms with Crippen LogP contribution in [0.15, 0.2) is 78.3 Å². The number of hydrogen-bond acceptors (Lipinski definition) is 9. The summed E-state index contributed by atoms with van der Waals surface area (Å²) in [6.45, 7) is 0. The van der Waals surface area contributed by atoms with Gasteiger partial charge in [0.15, 0.2) is 0 Å². The minimum atomic E-state index is 0.0256. The van der Waals surface area contributed by atoms with Crippen LogP contribution in [0.2, 0.25) is 0 Å². The van der Waals surface area contributed by atoms with E-state index in [0.717, 1.165) is 32.8 Å². The molecular formula is C26H14N4O2S3. The van der Waals surface area contributed by atoms with Gasteiger partial charge in [0.2, 0.25) is 0 Å². The van der Waals surface area contributed by atoms with Gasteiger partial charge in [-0.05, 0) is 48.6 Å². The van der Waals surface area contributed by atoms with Crippen molar-refractivity contribution in [1.82, 2.24) is 0 Å². The standard InChI is InChI=1S/C26H14N4O2S3/c27-13-17(14-28)3-1-5-19-7-9-21(31-19)23-25-26(34-12-11-33-25)24(35-23)22-10-8-20(32-22)6-2-4-18(15-29)16-30/h1-10H,11-12H2/b5-1+,6-2+. The normalized spacial score (nSPS) is 12.3. The van der Waals surface area contributed by atoms with Gasteiger partial charge in [-0.2, -0.15) is 21.0 Å². The molecule has 0 aliphatic carbocycles. The van der Waals surface area contributed by atoms with Crippen molar-refractivity contribution >= 4 is 47.0 Å². The Kier molecular flexibility index (Phi) is 7.78. The summed E-state index contributed by atoms with van der Waals surface area (Å²) < 4.78 is 12.1. The van der Waals surface area contributed by atoms with Crippen molar-refractivity contribution < 1.29 is 8.83 Å². The van der Waals surface area contributed by atoms with Crippen LogP contribution in [0.3, 0.4) is 0 Å². The highest BCUT2D eigenvalue weighted by Crippen LogP contribution is 2.53. The molecule has 0 fully saturated rings. The number of nitrogens with zero attached hydrogens (tertiary/aromatic N) is 4. The zero-order chi connectivity index (χ0) is 24.6. The van der Waals surface area contributed by atoms with Crippen LogP contribution in [0.4, 0.5) is 0 Å². The van der Waals surface area contributed by atoms with E-state index < -0.39 is 0 Å². The highest BCUT2D eigenvalue weighted by molar-refractivity contribution is 8.06. The molecule has 0 aromatic carbocycles. The van der Waals surface area contributed by atoms with Gasteiger partial charge in [0.1, 0.15) is 58.5 Å². The molecule has 0 spiro atoms. The molecule has 9 heteroatoms. The van der Waals surface area contributed by atoms with Crippen LogP contribution < -0.4 is 0 Å². The molecule has 6 nitrogen and oxygen atoms in total. The van der Waals surface area contributed by atoms with Gasteiger partial charge in [0.25, 0.3) is 0 Å². The van der Waals surface area contributed by atoms with E-state index in [4.69, 9.17) is 29.9 Å². The number of thioether (sulfide) groups is 2. The smallest absolute Gasteiger partial charge is 0.145 e. The molecule has 1 aliphatic heterocycles. The molecule has 3 aromatic heterocycles. The first-order chi connectivity index (χ1) is 17.2. The highest BCUT2D eigenvalue weighted by Gasteiger charge is 2.26. The third-order valence-electron chi connectivity index (χ3n) is 4.63. The Morgan fingerprint density at radius 1 is 0.686 bits per heavy atom. The Labute approximate surface area is 214 Å². The maximum atomic E-state index is 8.83. The first-order valence-electron chi connectivity index (χ1n) is 10.2. The number of allylic oxidation sites excluding steroid dienone is 6. The summed E-state index contributed by atoms with van der Waals surface area (Å²) in [4.78, 5) is 4.40. The quantitative estimate of drug-likeness (QED) is 0.248. The highest BCUT2D eigenvalue weighted by atomic mass is 32.2. The predicted molar refractivity (Wildman–Crippen MR) is 138 cm³/mol. The maximum absolute atomic E-state index is 8.83. The summed E-state index contributed by atoms with van der Waals surface area (Å²) in [5.41, 5.74) is 0.0512. The van der Waals surface area contributed by atoms with Crippen molar-refractivity contribution in [1.29, 1.82) is 21.0 Å². The lowest BCUT2D eigenvalue weighted by molar-refractivity contribution is 0.571. The number of hydrogen-bond donors (Lipinski definition) is 0. The van der Waals surface area contributed by atoms with Crippen LogP contribution in [0.5, 0.6) is 0 Å². The zero-order valence-corrected chi connectivity index (χ0v) is 20.5. The summed E-state index contributed by atoms with van der Waals surface area (Å²) in [7, 11) is 0. The monoisotopic (exact) mass is 510 g/mol. The van der Waals surface area contributed by atoms with E-state index in [-0.39, 0.29) is 11.1 Å². The average Bonchev–Trinajstić information content (AvgIpc) is 3.63. The van der Waals surface area contributed by atoms with Gasteiger partial charge in [-0.3, -0.25) is 0 Å². The zero-order valence-electron chi connectivity index (χ0n) is 18.0. The lowest BCUT2D eigenvalue weighted by Crippen LogP contribution is -1.92. The minimum absolute atomic E-state index is 0.0256. The molecule has 0 bridgehead atoms. The van der Waals surface area contributed by atoms with E-state index >= 15 is 0 Å². The lowest BCUT2D eigenvalue weighted by atomic mass is 10.3. The summed E-state index contributed by atoms with van der Waals surface area (Å²) in [5, 5.41) is 35.3. The van der Waals surface area contributed by atoms with Crippen molar-refractivity contribution in [3.63, 3.8) is 0 Å². The molecule has 1 aliphatic rings. The summed E-state index contributed by atoms with van der Waals surface area (Å²) in [6.07, 6.45) is 9.55. The van der Waals surface area contributed by atoms with E-state index in [1.165, 1.54) is 21.9 Å². The van der Waals surface area contributed by atoms with E-state index in [0.29, 0.717) is 11.5 Å². The van der Waals surface area contributed by atoms with E-state index in [1.807, 2.05) is 48.5 Å². The second-order valence-corrected chi connectivity index (χ2v) is 10.1. The first kappa shape index (κ1) is 24.0. The predicted octanol–water partition coefficient (Wildman–Crippen LogP) is 7.44. The van der Waals surface area contributed by atoms with Crippen LogP contribution in [-0.4, -0.2) is 11.5 Å². The van der Waals surface area contributed by atoms with E-state index in [1.54, 1.807) is 59.2 Å². The van der Waals surface area contributed by atoms with E-state index in [9.17, 15) is 0 Å². The lowest BCUT2D eigenvalue weighted by Gasteiger charge is -2.12. The molecule has 4 rings (SSSR count). The van der Waals surface area contributed by atoms with Crippen molar-refractivity contribution in [2.75, 3.05) is 11.5 Å². The molecule has 0 saturated carbocycles. The maximum Gasteiger partial charge on any atom is 0.145 e. The Bertz CT molecular complexity index is 1410. The molecule has 35 heavy (non-hydrogen) atoms. The molecule has 0 radical (unpaired) electrons. The minimum Gasteiger partial charge on any atom is -0.456 e. The number of nitriles is 4.